The Morgan fingerprint density at radius 3 is 2.82 bits per heavy atom. The van der Waals surface area contributed by atoms with E-state index in [4.69, 9.17) is 4.74 Å². The molecule has 0 heterocycles. The summed E-state index contributed by atoms with van der Waals surface area (Å²) in [4.78, 5) is 11.7. The van der Waals surface area contributed by atoms with Gasteiger partial charge in [0.1, 0.15) is 17.3 Å². The van der Waals surface area contributed by atoms with Crippen LogP contribution in [0.3, 0.4) is 0 Å². The standard InChI is InChI=1S/C16H15FN2O3/c1-2-22-12-8-7-11(15(20)9-12)10-18-19-16(21)13-5-3-4-6-14(13)17/h3-10,20H,2H2,1H3,(H,19,21)/b18-10-. The van der Waals surface area contributed by atoms with Crippen molar-refractivity contribution in [1.82, 2.24) is 5.43 Å². The molecule has 2 rings (SSSR count). The summed E-state index contributed by atoms with van der Waals surface area (Å²) in [6.45, 7) is 2.33. The molecular formula is C16H15FN2O3. The van der Waals surface area contributed by atoms with Crippen LogP contribution in [-0.4, -0.2) is 23.8 Å². The van der Waals surface area contributed by atoms with Crippen molar-refractivity contribution in [2.75, 3.05) is 6.61 Å². The number of benzene rings is 2. The molecule has 0 saturated heterocycles. The number of amides is 1. The molecule has 0 atom stereocenters. The van der Waals surface area contributed by atoms with Gasteiger partial charge in [-0.25, -0.2) is 9.82 Å². The highest BCUT2D eigenvalue weighted by Gasteiger charge is 2.09. The number of hydrazone groups is 1. The molecule has 0 unspecified atom stereocenters. The van der Waals surface area contributed by atoms with Gasteiger partial charge in [0.05, 0.1) is 18.4 Å². The maximum atomic E-state index is 13.4. The molecule has 2 aromatic carbocycles. The molecule has 2 N–H and O–H groups in total. The second-order valence-corrected chi connectivity index (χ2v) is 4.33. The fourth-order valence-corrected chi connectivity index (χ4v) is 1.76. The van der Waals surface area contributed by atoms with E-state index in [9.17, 15) is 14.3 Å². The van der Waals surface area contributed by atoms with Crippen LogP contribution in [0.5, 0.6) is 11.5 Å². The summed E-state index contributed by atoms with van der Waals surface area (Å²) in [7, 11) is 0. The summed E-state index contributed by atoms with van der Waals surface area (Å²) >= 11 is 0. The molecule has 0 aliphatic heterocycles. The first-order valence-electron chi connectivity index (χ1n) is 6.65. The number of nitrogens with one attached hydrogen (secondary N) is 1. The molecule has 0 spiro atoms. The molecule has 0 saturated carbocycles. The highest BCUT2D eigenvalue weighted by atomic mass is 19.1. The van der Waals surface area contributed by atoms with Gasteiger partial charge < -0.3 is 9.84 Å². The second-order valence-electron chi connectivity index (χ2n) is 4.33. The molecule has 6 heteroatoms. The summed E-state index contributed by atoms with van der Waals surface area (Å²) in [5, 5.41) is 13.5. The van der Waals surface area contributed by atoms with E-state index in [0.717, 1.165) is 0 Å². The Hall–Kier alpha value is -2.89. The topological polar surface area (TPSA) is 70.9 Å². The van der Waals surface area contributed by atoms with Crippen molar-refractivity contribution in [2.24, 2.45) is 5.10 Å². The minimum atomic E-state index is -0.667. The predicted molar refractivity (Wildman–Crippen MR) is 80.7 cm³/mol. The van der Waals surface area contributed by atoms with E-state index in [-0.39, 0.29) is 11.3 Å². The maximum Gasteiger partial charge on any atom is 0.274 e. The van der Waals surface area contributed by atoms with Crippen LogP contribution in [0.2, 0.25) is 0 Å². The van der Waals surface area contributed by atoms with Crippen LogP contribution >= 0.6 is 0 Å². The van der Waals surface area contributed by atoms with Gasteiger partial charge in [0.15, 0.2) is 0 Å². The van der Waals surface area contributed by atoms with E-state index < -0.39 is 11.7 Å². The number of hydrogen-bond acceptors (Lipinski definition) is 4. The quantitative estimate of drug-likeness (QED) is 0.659. The first-order valence-corrected chi connectivity index (χ1v) is 6.65. The first kappa shape index (κ1) is 15.5. The van der Waals surface area contributed by atoms with Crippen molar-refractivity contribution in [3.63, 3.8) is 0 Å². The number of carbonyl (C=O) groups excluding carboxylic acids is 1. The molecule has 0 aromatic heterocycles. The predicted octanol–water partition coefficient (Wildman–Crippen LogP) is 2.69. The van der Waals surface area contributed by atoms with Crippen LogP contribution in [0.15, 0.2) is 47.6 Å². The summed E-state index contributed by atoms with van der Waals surface area (Å²) in [5.41, 5.74) is 2.50. The van der Waals surface area contributed by atoms with Gasteiger partial charge in [-0.05, 0) is 31.2 Å². The van der Waals surface area contributed by atoms with E-state index in [1.54, 1.807) is 18.2 Å². The van der Waals surface area contributed by atoms with Crippen LogP contribution in [0.4, 0.5) is 4.39 Å². The van der Waals surface area contributed by atoms with Crippen molar-refractivity contribution < 1.29 is 19.0 Å². The van der Waals surface area contributed by atoms with Gasteiger partial charge in [0, 0.05) is 11.6 Å². The lowest BCUT2D eigenvalue weighted by molar-refractivity contribution is 0.0951. The van der Waals surface area contributed by atoms with Crippen LogP contribution in [-0.2, 0) is 0 Å². The highest BCUT2D eigenvalue weighted by Crippen LogP contribution is 2.22. The summed E-state index contributed by atoms with van der Waals surface area (Å²) in [6, 6.07) is 10.3. The fourth-order valence-electron chi connectivity index (χ4n) is 1.76. The number of nitrogens with zero attached hydrogens (tertiary/aromatic N) is 1. The van der Waals surface area contributed by atoms with E-state index in [0.29, 0.717) is 17.9 Å². The Morgan fingerprint density at radius 2 is 2.14 bits per heavy atom. The summed E-state index contributed by atoms with van der Waals surface area (Å²) in [5.74, 6) is -0.790. The molecule has 2 aromatic rings. The second kappa shape index (κ2) is 7.21. The van der Waals surface area contributed by atoms with Gasteiger partial charge in [-0.1, -0.05) is 12.1 Å². The Labute approximate surface area is 127 Å². The monoisotopic (exact) mass is 302 g/mol. The zero-order chi connectivity index (χ0) is 15.9. The Morgan fingerprint density at radius 1 is 1.36 bits per heavy atom. The lowest BCUT2D eigenvalue weighted by Gasteiger charge is -2.05. The third kappa shape index (κ3) is 3.82. The van der Waals surface area contributed by atoms with Crippen molar-refractivity contribution in [3.8, 4) is 11.5 Å². The number of hydrogen-bond donors (Lipinski definition) is 2. The van der Waals surface area contributed by atoms with Gasteiger partial charge in [0.25, 0.3) is 5.91 Å². The highest BCUT2D eigenvalue weighted by molar-refractivity contribution is 5.95. The van der Waals surface area contributed by atoms with Gasteiger partial charge in [-0.15, -0.1) is 0 Å². The number of phenolic OH excluding ortho intramolecular Hbond substituents is 1. The zero-order valence-electron chi connectivity index (χ0n) is 11.9. The molecule has 114 valence electrons. The number of aromatic hydroxyl groups is 1. The van der Waals surface area contributed by atoms with Crippen molar-refractivity contribution in [3.05, 3.63) is 59.4 Å². The van der Waals surface area contributed by atoms with Crippen LogP contribution in [0, 0.1) is 5.82 Å². The lowest BCUT2D eigenvalue weighted by Crippen LogP contribution is -2.18. The molecule has 0 aliphatic rings. The van der Waals surface area contributed by atoms with Crippen LogP contribution < -0.4 is 10.2 Å². The average Bonchev–Trinajstić information content (AvgIpc) is 2.50. The molecule has 22 heavy (non-hydrogen) atoms. The van der Waals surface area contributed by atoms with Gasteiger partial charge in [-0.3, -0.25) is 4.79 Å². The van der Waals surface area contributed by atoms with Gasteiger partial charge in [-0.2, -0.15) is 5.10 Å². The molecule has 1 amide bonds. The minimum Gasteiger partial charge on any atom is -0.507 e. The molecule has 0 radical (unpaired) electrons. The summed E-state index contributed by atoms with van der Waals surface area (Å²) in [6.07, 6.45) is 1.27. The van der Waals surface area contributed by atoms with Crippen LogP contribution in [0.25, 0.3) is 0 Å². The van der Waals surface area contributed by atoms with Crippen molar-refractivity contribution >= 4 is 12.1 Å². The Kier molecular flexibility index (Phi) is 5.08. The van der Waals surface area contributed by atoms with Gasteiger partial charge in [0.2, 0.25) is 0 Å². The number of rotatable bonds is 5. The smallest absolute Gasteiger partial charge is 0.274 e. The number of phenols is 1. The largest absolute Gasteiger partial charge is 0.507 e. The third-order valence-electron chi connectivity index (χ3n) is 2.80. The van der Waals surface area contributed by atoms with Gasteiger partial charge >= 0.3 is 0 Å². The van der Waals surface area contributed by atoms with E-state index in [1.807, 2.05) is 6.92 Å². The van der Waals surface area contributed by atoms with E-state index in [1.165, 1.54) is 30.5 Å². The minimum absolute atomic E-state index is 0.0326. The van der Waals surface area contributed by atoms with Crippen molar-refractivity contribution in [1.29, 1.82) is 0 Å². The Bertz CT molecular complexity index is 702. The molecule has 0 bridgehead atoms. The number of halogens is 1. The fraction of sp³-hybridized carbons (Fsp3) is 0.125. The Balaban J connectivity index is 2.04. The number of ether oxygens (including phenoxy) is 1. The molecule has 5 nitrogen and oxygen atoms in total. The van der Waals surface area contributed by atoms with E-state index >= 15 is 0 Å². The number of carbonyl (C=O) groups is 1. The maximum absolute atomic E-state index is 13.4. The zero-order valence-corrected chi connectivity index (χ0v) is 11.9. The van der Waals surface area contributed by atoms with E-state index in [2.05, 4.69) is 10.5 Å². The SMILES string of the molecule is CCOc1ccc(/C=N\NC(=O)c2ccccc2F)c(O)c1. The lowest BCUT2D eigenvalue weighted by atomic mass is 10.2. The third-order valence-corrected chi connectivity index (χ3v) is 2.80. The summed E-state index contributed by atoms with van der Waals surface area (Å²) < 4.78 is 18.6. The average molecular weight is 302 g/mol. The normalized spacial score (nSPS) is 10.6. The first-order chi connectivity index (χ1) is 10.6. The molecule has 0 fully saturated rings. The molecular weight excluding hydrogens is 287 g/mol. The van der Waals surface area contributed by atoms with Crippen molar-refractivity contribution in [2.45, 2.75) is 6.92 Å². The molecule has 0 aliphatic carbocycles. The van der Waals surface area contributed by atoms with Crippen LogP contribution in [0.1, 0.15) is 22.8 Å².